The Hall–Kier alpha value is -7.34. The van der Waals surface area contributed by atoms with Crippen LogP contribution in [-0.2, 0) is 0 Å². The van der Waals surface area contributed by atoms with Crippen molar-refractivity contribution in [1.29, 1.82) is 0 Å². The average Bonchev–Trinajstić information content (AvgIpc) is 3.91. The summed E-state index contributed by atoms with van der Waals surface area (Å²) in [5, 5.41) is 12.0. The van der Waals surface area contributed by atoms with Crippen molar-refractivity contribution in [2.24, 2.45) is 0 Å². The fraction of sp³-hybridized carbons (Fsp3) is 0.174. The summed E-state index contributed by atoms with van der Waals surface area (Å²) in [4.78, 5) is 36.6. The van der Waals surface area contributed by atoms with Gasteiger partial charge in [0, 0.05) is 43.3 Å². The van der Waals surface area contributed by atoms with Gasteiger partial charge in [-0.1, -0.05) is 77.0 Å². The summed E-state index contributed by atoms with van der Waals surface area (Å²) < 4.78 is 22.0. The monoisotopic (exact) mass is 774 g/mol. The van der Waals surface area contributed by atoms with E-state index in [1.807, 2.05) is 133 Å². The molecular formula is C46H42N6O6. The summed E-state index contributed by atoms with van der Waals surface area (Å²) in [6, 6.07) is 42.2. The number of carbonyl (C=O) groups excluding carboxylic acids is 2. The van der Waals surface area contributed by atoms with Crippen molar-refractivity contribution in [3.05, 3.63) is 156 Å². The molecule has 12 heteroatoms. The van der Waals surface area contributed by atoms with Gasteiger partial charge < -0.3 is 28.3 Å². The van der Waals surface area contributed by atoms with E-state index in [2.05, 4.69) is 20.3 Å². The molecule has 8 aromatic rings. The molecule has 6 aromatic carbocycles. The zero-order valence-electron chi connectivity index (χ0n) is 32.7. The summed E-state index contributed by atoms with van der Waals surface area (Å²) in [6.07, 6.45) is 0. The lowest BCUT2D eigenvalue weighted by atomic mass is 10.1. The minimum absolute atomic E-state index is 0.0167. The van der Waals surface area contributed by atoms with E-state index >= 15 is 0 Å². The second kappa shape index (κ2) is 18.1. The highest BCUT2D eigenvalue weighted by Gasteiger charge is 2.13. The van der Waals surface area contributed by atoms with E-state index < -0.39 is 0 Å². The van der Waals surface area contributed by atoms with E-state index in [0.29, 0.717) is 60.9 Å². The van der Waals surface area contributed by atoms with Crippen molar-refractivity contribution >= 4 is 33.4 Å². The number of nitrogens with zero attached hydrogens (tertiary/aromatic N) is 6. The van der Waals surface area contributed by atoms with Crippen LogP contribution in [0.1, 0.15) is 32.4 Å². The molecule has 0 unspecified atom stereocenters. The van der Waals surface area contributed by atoms with Crippen LogP contribution in [0, 0.1) is 13.8 Å². The van der Waals surface area contributed by atoms with Crippen LogP contribution in [0.4, 0.5) is 0 Å². The Morgan fingerprint density at radius 3 is 1.52 bits per heavy atom. The number of amides is 2. The molecule has 0 atom stereocenters. The van der Waals surface area contributed by atoms with Crippen molar-refractivity contribution in [3.63, 3.8) is 0 Å². The zero-order chi connectivity index (χ0) is 40.4. The topological polar surface area (TPSA) is 137 Å². The highest BCUT2D eigenvalue weighted by Crippen LogP contribution is 2.28. The summed E-state index contributed by atoms with van der Waals surface area (Å²) in [5.74, 6) is 3.74. The highest BCUT2D eigenvalue weighted by molar-refractivity contribution is 5.94. The van der Waals surface area contributed by atoms with Crippen LogP contribution in [-0.4, -0.2) is 82.3 Å². The molecule has 2 heterocycles. The Morgan fingerprint density at radius 1 is 0.552 bits per heavy atom. The quantitative estimate of drug-likeness (QED) is 0.119. The molecule has 292 valence electrons. The molecule has 8 rings (SSSR count). The normalized spacial score (nSPS) is 10.8. The largest absolute Gasteiger partial charge is 0.492 e. The molecule has 12 nitrogen and oxygen atoms in total. The van der Waals surface area contributed by atoms with E-state index in [0.717, 1.165) is 44.2 Å². The third-order valence-corrected chi connectivity index (χ3v) is 9.31. The molecule has 2 aromatic heterocycles. The number of aromatic nitrogens is 4. The number of rotatable bonds is 12. The first-order valence-electron chi connectivity index (χ1n) is 18.8. The first-order chi connectivity index (χ1) is 28.2. The van der Waals surface area contributed by atoms with Crippen molar-refractivity contribution in [1.82, 2.24) is 30.1 Å². The first kappa shape index (κ1) is 38.9. The maximum atomic E-state index is 12.4. The smallest absolute Gasteiger partial charge is 0.257 e. The van der Waals surface area contributed by atoms with Gasteiger partial charge in [0.2, 0.25) is 11.7 Å². The van der Waals surface area contributed by atoms with Crippen LogP contribution in [0.25, 0.3) is 44.4 Å². The van der Waals surface area contributed by atoms with Gasteiger partial charge in [-0.2, -0.15) is 9.97 Å². The maximum Gasteiger partial charge on any atom is 0.257 e. The van der Waals surface area contributed by atoms with Gasteiger partial charge in [-0.05, 0) is 95.2 Å². The van der Waals surface area contributed by atoms with Gasteiger partial charge in [-0.15, -0.1) is 0 Å². The Balaban J connectivity index is 0.000000177. The van der Waals surface area contributed by atoms with Crippen LogP contribution in [0.3, 0.4) is 0 Å². The lowest BCUT2D eigenvalue weighted by Crippen LogP contribution is -2.30. The van der Waals surface area contributed by atoms with Crippen molar-refractivity contribution in [2.45, 2.75) is 13.8 Å². The molecular weight excluding hydrogens is 733 g/mol. The molecule has 0 saturated heterocycles. The molecule has 0 fully saturated rings. The van der Waals surface area contributed by atoms with E-state index in [1.54, 1.807) is 37.7 Å². The van der Waals surface area contributed by atoms with Crippen molar-refractivity contribution in [3.8, 4) is 34.3 Å². The molecule has 0 N–H and O–H groups in total. The number of hydrogen-bond acceptors (Lipinski definition) is 10. The van der Waals surface area contributed by atoms with Gasteiger partial charge in [-0.3, -0.25) is 9.59 Å². The van der Waals surface area contributed by atoms with E-state index in [9.17, 15) is 9.59 Å². The van der Waals surface area contributed by atoms with Crippen LogP contribution in [0.2, 0.25) is 0 Å². The predicted molar refractivity (Wildman–Crippen MR) is 222 cm³/mol. The molecule has 58 heavy (non-hydrogen) atoms. The van der Waals surface area contributed by atoms with Gasteiger partial charge in [0.1, 0.15) is 24.7 Å². The SMILES string of the molecule is Cc1nc(-c2ccc3cc(OCCN(C)C(=O)c4ccccc4)ccc3c2)no1.Cc1noc(-c2ccc3cc(OCCN(C)C(=O)c4ccccc4)ccc3c2)n1. The number of hydrogen-bond donors (Lipinski definition) is 0. The Labute approximate surface area is 335 Å². The molecule has 0 radical (unpaired) electrons. The van der Waals surface area contributed by atoms with E-state index in [4.69, 9.17) is 18.5 Å². The van der Waals surface area contributed by atoms with Gasteiger partial charge in [0.05, 0.1) is 13.1 Å². The number of likely N-dealkylation sites (N-methyl/N-ethyl adjacent to an activating group) is 2. The first-order valence-corrected chi connectivity index (χ1v) is 18.8. The van der Waals surface area contributed by atoms with Crippen LogP contribution in [0.5, 0.6) is 11.5 Å². The van der Waals surface area contributed by atoms with Gasteiger partial charge in [-0.25, -0.2) is 0 Å². The minimum atomic E-state index is -0.0171. The van der Waals surface area contributed by atoms with Gasteiger partial charge in [0.15, 0.2) is 5.82 Å². The highest BCUT2D eigenvalue weighted by atomic mass is 16.5. The lowest BCUT2D eigenvalue weighted by molar-refractivity contribution is 0.0767. The fourth-order valence-corrected chi connectivity index (χ4v) is 6.14. The van der Waals surface area contributed by atoms with E-state index in [-0.39, 0.29) is 11.8 Å². The van der Waals surface area contributed by atoms with Crippen LogP contribution >= 0.6 is 0 Å². The number of fused-ring (bicyclic) bond motifs is 2. The molecule has 0 bridgehead atoms. The second-order valence-corrected chi connectivity index (χ2v) is 13.6. The second-order valence-electron chi connectivity index (χ2n) is 13.6. The maximum absolute atomic E-state index is 12.4. The Kier molecular flexibility index (Phi) is 12.1. The van der Waals surface area contributed by atoms with E-state index in [1.165, 1.54) is 0 Å². The predicted octanol–water partition coefficient (Wildman–Crippen LogP) is 8.70. The van der Waals surface area contributed by atoms with Crippen molar-refractivity contribution in [2.75, 3.05) is 40.4 Å². The Bertz CT molecular complexity index is 2460. The third kappa shape index (κ3) is 9.72. The number of carbonyl (C=O) groups is 2. The number of ether oxygens (including phenoxy) is 2. The molecule has 0 aliphatic carbocycles. The molecule has 0 aliphatic rings. The lowest BCUT2D eigenvalue weighted by Gasteiger charge is -2.17. The van der Waals surface area contributed by atoms with Crippen LogP contribution < -0.4 is 9.47 Å². The fourth-order valence-electron chi connectivity index (χ4n) is 6.14. The standard InChI is InChI=1S/2C23H21N3O3/c1-16-24-22(25-29-16)20-9-8-19-15-21(11-10-18(19)14-20)28-13-12-26(2)23(27)17-6-4-3-5-7-17;1-16-24-22(29-25-16)20-9-8-19-15-21(11-10-18(19)14-20)28-13-12-26(2)23(27)17-6-4-3-5-7-17/h2*3-11,14-15H,12-13H2,1-2H3. The van der Waals surface area contributed by atoms with Gasteiger partial charge in [0.25, 0.3) is 17.7 Å². The minimum Gasteiger partial charge on any atom is -0.492 e. The third-order valence-electron chi connectivity index (χ3n) is 9.31. The molecule has 0 saturated carbocycles. The summed E-state index contributed by atoms with van der Waals surface area (Å²) in [5.41, 5.74) is 3.14. The average molecular weight is 775 g/mol. The molecule has 0 aliphatic heterocycles. The summed E-state index contributed by atoms with van der Waals surface area (Å²) in [6.45, 7) is 5.40. The summed E-state index contributed by atoms with van der Waals surface area (Å²) >= 11 is 0. The Morgan fingerprint density at radius 2 is 1.03 bits per heavy atom. The van der Waals surface area contributed by atoms with Crippen molar-refractivity contribution < 1.29 is 28.1 Å². The van der Waals surface area contributed by atoms with Gasteiger partial charge >= 0.3 is 0 Å². The summed E-state index contributed by atoms with van der Waals surface area (Å²) in [7, 11) is 3.56. The zero-order valence-corrected chi connectivity index (χ0v) is 32.7. The molecule has 0 spiro atoms. The number of aryl methyl sites for hydroxylation is 2. The van der Waals surface area contributed by atoms with Crippen LogP contribution in [0.15, 0.2) is 143 Å². The number of benzene rings is 6. The molecule has 2 amide bonds.